The summed E-state index contributed by atoms with van der Waals surface area (Å²) in [6.07, 6.45) is 10.2. The molecule has 0 saturated carbocycles. The third kappa shape index (κ3) is 2.41. The molecule has 0 aromatic carbocycles. The lowest BCUT2D eigenvalue weighted by molar-refractivity contribution is 0.301. The Labute approximate surface area is 68.8 Å². The Morgan fingerprint density at radius 1 is 1.64 bits per heavy atom. The second-order valence-corrected chi connectivity index (χ2v) is 2.95. The van der Waals surface area contributed by atoms with Crippen LogP contribution in [0.2, 0.25) is 0 Å². The van der Waals surface area contributed by atoms with Crippen molar-refractivity contribution in [3.05, 3.63) is 24.0 Å². The molecule has 0 radical (unpaired) electrons. The Kier molecular flexibility index (Phi) is 3.21. The fourth-order valence-corrected chi connectivity index (χ4v) is 1.38. The van der Waals surface area contributed by atoms with Crippen LogP contribution in [0.25, 0.3) is 0 Å². The van der Waals surface area contributed by atoms with Gasteiger partial charge in [0, 0.05) is 0 Å². The van der Waals surface area contributed by atoms with Crippen LogP contribution in [0.4, 0.5) is 0 Å². The molecule has 11 heavy (non-hydrogen) atoms. The average Bonchev–Trinajstić information content (AvgIpc) is 2.07. The molecule has 0 bridgehead atoms. The number of methoxy groups -OCH3 is 1. The number of allylic oxidation sites excluding steroid dienone is 3. The molecule has 1 heteroatoms. The minimum Gasteiger partial charge on any atom is -0.497 e. The SMILES string of the molecule is CCC[C@H]1C=CC(OC)=CC1. The van der Waals surface area contributed by atoms with Gasteiger partial charge >= 0.3 is 0 Å². The lowest BCUT2D eigenvalue weighted by Crippen LogP contribution is -1.99. The first kappa shape index (κ1) is 8.38. The van der Waals surface area contributed by atoms with E-state index < -0.39 is 0 Å². The topological polar surface area (TPSA) is 9.23 Å². The lowest BCUT2D eigenvalue weighted by atomic mass is 9.96. The number of hydrogen-bond donors (Lipinski definition) is 0. The van der Waals surface area contributed by atoms with E-state index in [2.05, 4.69) is 25.2 Å². The summed E-state index contributed by atoms with van der Waals surface area (Å²) in [6.45, 7) is 2.23. The zero-order valence-corrected chi connectivity index (χ0v) is 7.34. The Morgan fingerprint density at radius 3 is 2.91 bits per heavy atom. The zero-order valence-electron chi connectivity index (χ0n) is 7.34. The molecule has 1 aliphatic rings. The summed E-state index contributed by atoms with van der Waals surface area (Å²) in [6, 6.07) is 0. The van der Waals surface area contributed by atoms with Gasteiger partial charge in [-0.1, -0.05) is 19.4 Å². The van der Waals surface area contributed by atoms with E-state index in [-0.39, 0.29) is 0 Å². The fraction of sp³-hybridized carbons (Fsp3) is 0.600. The standard InChI is InChI=1S/C10H16O/c1-3-4-9-5-7-10(11-2)8-6-9/h5,7-9H,3-4,6H2,1-2H3/t9-/m0/s1. The maximum atomic E-state index is 5.09. The third-order valence-electron chi connectivity index (χ3n) is 2.05. The molecule has 0 aromatic heterocycles. The highest BCUT2D eigenvalue weighted by atomic mass is 16.5. The molecule has 0 aromatic rings. The predicted molar refractivity (Wildman–Crippen MR) is 47.2 cm³/mol. The van der Waals surface area contributed by atoms with Crippen molar-refractivity contribution in [2.45, 2.75) is 26.2 Å². The van der Waals surface area contributed by atoms with Gasteiger partial charge in [-0.3, -0.25) is 0 Å². The molecule has 0 spiro atoms. The molecular formula is C10H16O. The van der Waals surface area contributed by atoms with Crippen LogP contribution in [0.1, 0.15) is 26.2 Å². The van der Waals surface area contributed by atoms with Crippen molar-refractivity contribution in [3.63, 3.8) is 0 Å². The van der Waals surface area contributed by atoms with Crippen molar-refractivity contribution in [3.8, 4) is 0 Å². The molecule has 0 heterocycles. The van der Waals surface area contributed by atoms with Gasteiger partial charge in [-0.15, -0.1) is 0 Å². The Hall–Kier alpha value is -0.720. The third-order valence-corrected chi connectivity index (χ3v) is 2.05. The molecule has 0 unspecified atom stereocenters. The molecule has 1 nitrogen and oxygen atoms in total. The van der Waals surface area contributed by atoms with Crippen LogP contribution in [0.15, 0.2) is 24.0 Å². The van der Waals surface area contributed by atoms with Gasteiger partial charge in [0.05, 0.1) is 7.11 Å². The zero-order chi connectivity index (χ0) is 8.10. The van der Waals surface area contributed by atoms with E-state index in [0.717, 1.165) is 18.1 Å². The van der Waals surface area contributed by atoms with Gasteiger partial charge in [0.25, 0.3) is 0 Å². The fourth-order valence-electron chi connectivity index (χ4n) is 1.38. The molecule has 0 fully saturated rings. The van der Waals surface area contributed by atoms with Crippen LogP contribution in [-0.4, -0.2) is 7.11 Å². The van der Waals surface area contributed by atoms with E-state index in [0.29, 0.717) is 0 Å². The van der Waals surface area contributed by atoms with E-state index >= 15 is 0 Å². The number of ether oxygens (including phenoxy) is 1. The van der Waals surface area contributed by atoms with E-state index in [4.69, 9.17) is 4.74 Å². The van der Waals surface area contributed by atoms with Crippen LogP contribution < -0.4 is 0 Å². The molecule has 1 rings (SSSR count). The smallest absolute Gasteiger partial charge is 0.114 e. The Balaban J connectivity index is 2.37. The molecule has 0 N–H and O–H groups in total. The van der Waals surface area contributed by atoms with Crippen molar-refractivity contribution < 1.29 is 4.74 Å². The Morgan fingerprint density at radius 2 is 2.45 bits per heavy atom. The van der Waals surface area contributed by atoms with Gasteiger partial charge in [-0.2, -0.15) is 0 Å². The van der Waals surface area contributed by atoms with Gasteiger partial charge in [0.15, 0.2) is 0 Å². The van der Waals surface area contributed by atoms with Crippen LogP contribution >= 0.6 is 0 Å². The van der Waals surface area contributed by atoms with Crippen LogP contribution in [-0.2, 0) is 4.74 Å². The first-order chi connectivity index (χ1) is 5.36. The lowest BCUT2D eigenvalue weighted by Gasteiger charge is -2.13. The molecule has 1 aliphatic carbocycles. The maximum Gasteiger partial charge on any atom is 0.114 e. The summed E-state index contributed by atoms with van der Waals surface area (Å²) < 4.78 is 5.09. The first-order valence-electron chi connectivity index (χ1n) is 4.29. The largest absolute Gasteiger partial charge is 0.497 e. The Bertz CT molecular complexity index is 168. The van der Waals surface area contributed by atoms with Gasteiger partial charge in [0.1, 0.15) is 5.76 Å². The minimum absolute atomic E-state index is 0.749. The molecule has 0 aliphatic heterocycles. The van der Waals surface area contributed by atoms with Gasteiger partial charge < -0.3 is 4.74 Å². The summed E-state index contributed by atoms with van der Waals surface area (Å²) in [5.41, 5.74) is 0. The van der Waals surface area contributed by atoms with Gasteiger partial charge in [0.2, 0.25) is 0 Å². The number of hydrogen-bond acceptors (Lipinski definition) is 1. The van der Waals surface area contributed by atoms with E-state index in [1.807, 2.05) is 0 Å². The van der Waals surface area contributed by atoms with Crippen molar-refractivity contribution >= 4 is 0 Å². The summed E-state index contributed by atoms with van der Waals surface area (Å²) in [5.74, 6) is 1.76. The highest BCUT2D eigenvalue weighted by Crippen LogP contribution is 2.20. The average molecular weight is 152 g/mol. The maximum absolute atomic E-state index is 5.09. The van der Waals surface area contributed by atoms with E-state index in [9.17, 15) is 0 Å². The van der Waals surface area contributed by atoms with Gasteiger partial charge in [-0.05, 0) is 30.9 Å². The normalized spacial score (nSPS) is 23.1. The van der Waals surface area contributed by atoms with Crippen molar-refractivity contribution in [2.75, 3.05) is 7.11 Å². The predicted octanol–water partition coefficient (Wildman–Crippen LogP) is 2.89. The molecule has 0 amide bonds. The van der Waals surface area contributed by atoms with Crippen molar-refractivity contribution in [1.82, 2.24) is 0 Å². The minimum atomic E-state index is 0.749. The summed E-state index contributed by atoms with van der Waals surface area (Å²) >= 11 is 0. The van der Waals surface area contributed by atoms with Gasteiger partial charge in [-0.25, -0.2) is 0 Å². The molecule has 1 atom stereocenters. The van der Waals surface area contributed by atoms with Crippen molar-refractivity contribution in [1.29, 1.82) is 0 Å². The molecule has 0 saturated heterocycles. The highest BCUT2D eigenvalue weighted by Gasteiger charge is 2.06. The second kappa shape index (κ2) is 4.22. The summed E-state index contributed by atoms with van der Waals surface area (Å²) in [4.78, 5) is 0. The molecule has 62 valence electrons. The summed E-state index contributed by atoms with van der Waals surface area (Å²) in [7, 11) is 1.72. The summed E-state index contributed by atoms with van der Waals surface area (Å²) in [5, 5.41) is 0. The second-order valence-electron chi connectivity index (χ2n) is 2.95. The monoisotopic (exact) mass is 152 g/mol. The highest BCUT2D eigenvalue weighted by molar-refractivity contribution is 5.17. The van der Waals surface area contributed by atoms with Crippen LogP contribution in [0.3, 0.4) is 0 Å². The van der Waals surface area contributed by atoms with Crippen molar-refractivity contribution in [2.24, 2.45) is 5.92 Å². The van der Waals surface area contributed by atoms with E-state index in [1.54, 1.807) is 7.11 Å². The van der Waals surface area contributed by atoms with E-state index in [1.165, 1.54) is 12.8 Å². The number of rotatable bonds is 3. The molecular weight excluding hydrogens is 136 g/mol. The van der Waals surface area contributed by atoms with Crippen LogP contribution in [0.5, 0.6) is 0 Å². The van der Waals surface area contributed by atoms with Crippen LogP contribution in [0, 0.1) is 5.92 Å². The first-order valence-corrected chi connectivity index (χ1v) is 4.29. The quantitative estimate of drug-likeness (QED) is 0.604.